The Kier molecular flexibility index (Phi) is 11.4. The van der Waals surface area contributed by atoms with E-state index in [1.54, 1.807) is 0 Å². The van der Waals surface area contributed by atoms with Gasteiger partial charge >= 0.3 is 17.2 Å². The molecule has 0 aromatic rings. The lowest BCUT2D eigenvalue weighted by atomic mass is 10.2. The molecule has 0 saturated carbocycles. The summed E-state index contributed by atoms with van der Waals surface area (Å²) in [5.41, 5.74) is -1.32. The Hall–Kier alpha value is 0.620. The normalized spacial score (nSPS) is 14.4. The van der Waals surface area contributed by atoms with Gasteiger partial charge in [0.25, 0.3) is 0 Å². The lowest BCUT2D eigenvalue weighted by molar-refractivity contribution is 0.0259. The molecule has 8 heteroatoms. The lowest BCUT2D eigenvalue weighted by Gasteiger charge is -2.31. The van der Waals surface area contributed by atoms with E-state index in [9.17, 15) is 0 Å². The van der Waals surface area contributed by atoms with Gasteiger partial charge in [0.05, 0.1) is 35.6 Å². The second-order valence-electron chi connectivity index (χ2n) is 10.3. The Morgan fingerprint density at radius 2 is 0.667 bits per heavy atom. The smallest absolute Gasteiger partial charge is 0.312 e. The third-order valence-electron chi connectivity index (χ3n) is 2.08. The van der Waals surface area contributed by atoms with E-state index >= 15 is 0 Å². The highest BCUT2D eigenvalue weighted by molar-refractivity contribution is 7.42. The topological polar surface area (TPSA) is 55.4 Å². The fourth-order valence-electron chi connectivity index (χ4n) is 1.37. The van der Waals surface area contributed by atoms with E-state index in [0.29, 0.717) is 19.6 Å². The summed E-state index contributed by atoms with van der Waals surface area (Å²) in [7, 11) is -2.85. The lowest BCUT2D eigenvalue weighted by Crippen LogP contribution is -2.23. The van der Waals surface area contributed by atoms with Crippen LogP contribution in [-0.4, -0.2) is 35.6 Å². The van der Waals surface area contributed by atoms with Crippen molar-refractivity contribution in [3.8, 4) is 0 Å². The standard InChI is InChI=1S/C19H42O6P2/c1-16(2,3)22-26(23-17(4,5)6)20-14-13-15-21-27(24-18(7,8)9)25-19(10,11)12/h13-15H2,1-12H3. The molecule has 0 aliphatic rings. The minimum absolute atomic E-state index is 0.330. The quantitative estimate of drug-likeness (QED) is 0.273. The maximum Gasteiger partial charge on any atom is 0.333 e. The third kappa shape index (κ3) is 19.7. The van der Waals surface area contributed by atoms with E-state index < -0.39 is 17.2 Å². The van der Waals surface area contributed by atoms with E-state index in [1.165, 1.54) is 0 Å². The highest BCUT2D eigenvalue weighted by Gasteiger charge is 2.28. The van der Waals surface area contributed by atoms with Gasteiger partial charge in [-0.05, 0) is 89.5 Å². The van der Waals surface area contributed by atoms with Gasteiger partial charge in [0, 0.05) is 0 Å². The first-order valence-electron chi connectivity index (χ1n) is 9.49. The van der Waals surface area contributed by atoms with Gasteiger partial charge in [0.1, 0.15) is 0 Å². The highest BCUT2D eigenvalue weighted by Crippen LogP contribution is 2.48. The molecule has 0 amide bonds. The molecule has 0 aliphatic heterocycles. The predicted octanol–water partition coefficient (Wildman–Crippen LogP) is 7.12. The maximum absolute atomic E-state index is 5.91. The molecule has 0 saturated heterocycles. The third-order valence-corrected chi connectivity index (χ3v) is 5.65. The highest BCUT2D eigenvalue weighted by atomic mass is 31.2. The van der Waals surface area contributed by atoms with Gasteiger partial charge in [-0.2, -0.15) is 0 Å². The second-order valence-corrected chi connectivity index (χ2v) is 12.4. The molecule has 0 spiro atoms. The SMILES string of the molecule is CC(C)(C)OP(OCCCOP(OC(C)(C)C)OC(C)(C)C)OC(C)(C)C. The Morgan fingerprint density at radius 3 is 0.852 bits per heavy atom. The van der Waals surface area contributed by atoms with Crippen LogP contribution in [0.25, 0.3) is 0 Å². The van der Waals surface area contributed by atoms with Crippen molar-refractivity contribution in [2.45, 2.75) is 112 Å². The molecule has 164 valence electrons. The van der Waals surface area contributed by atoms with Gasteiger partial charge in [0.2, 0.25) is 0 Å². The van der Waals surface area contributed by atoms with Crippen LogP contribution in [0.2, 0.25) is 0 Å². The molecule has 27 heavy (non-hydrogen) atoms. The minimum Gasteiger partial charge on any atom is -0.312 e. The minimum atomic E-state index is -1.43. The summed E-state index contributed by atoms with van der Waals surface area (Å²) in [5, 5.41) is 0. The summed E-state index contributed by atoms with van der Waals surface area (Å²) < 4.78 is 35.3. The van der Waals surface area contributed by atoms with E-state index in [1.807, 2.05) is 83.1 Å². The Bertz CT molecular complexity index is 334. The molecule has 0 atom stereocenters. The Labute approximate surface area is 170 Å². The largest absolute Gasteiger partial charge is 0.333 e. The number of hydrogen-bond donors (Lipinski definition) is 0. The van der Waals surface area contributed by atoms with Gasteiger partial charge in [-0.3, -0.25) is 0 Å². The van der Waals surface area contributed by atoms with Crippen molar-refractivity contribution in [1.29, 1.82) is 0 Å². The number of rotatable bonds is 10. The maximum atomic E-state index is 5.91. The molecule has 0 fully saturated rings. The van der Waals surface area contributed by atoms with Crippen LogP contribution < -0.4 is 0 Å². The molecule has 0 heterocycles. The fourth-order valence-corrected chi connectivity index (χ4v) is 4.00. The van der Waals surface area contributed by atoms with E-state index in [2.05, 4.69) is 0 Å². The molecular formula is C19H42O6P2. The molecule has 6 nitrogen and oxygen atoms in total. The van der Waals surface area contributed by atoms with Crippen molar-refractivity contribution < 1.29 is 27.1 Å². The van der Waals surface area contributed by atoms with Crippen molar-refractivity contribution in [3.63, 3.8) is 0 Å². The Balaban J connectivity index is 4.46. The average Bonchev–Trinajstić information content (AvgIpc) is 2.29. The van der Waals surface area contributed by atoms with Gasteiger partial charge in [-0.15, -0.1) is 0 Å². The van der Waals surface area contributed by atoms with Crippen LogP contribution in [-0.2, 0) is 27.1 Å². The van der Waals surface area contributed by atoms with Crippen molar-refractivity contribution >= 4 is 17.2 Å². The second kappa shape index (κ2) is 11.1. The first-order chi connectivity index (χ1) is 11.9. The van der Waals surface area contributed by atoms with Crippen LogP contribution >= 0.6 is 17.2 Å². The molecular weight excluding hydrogens is 386 g/mol. The van der Waals surface area contributed by atoms with E-state index in [-0.39, 0.29) is 22.4 Å². The molecule has 0 rings (SSSR count). The molecule has 0 aromatic carbocycles. The van der Waals surface area contributed by atoms with E-state index in [4.69, 9.17) is 27.1 Å². The summed E-state index contributed by atoms with van der Waals surface area (Å²) in [5.74, 6) is 0. The molecule has 0 bridgehead atoms. The first kappa shape index (κ1) is 27.6. The average molecular weight is 428 g/mol. The van der Waals surface area contributed by atoms with Gasteiger partial charge < -0.3 is 27.1 Å². The van der Waals surface area contributed by atoms with Crippen molar-refractivity contribution in [2.75, 3.05) is 13.2 Å². The molecule has 0 N–H and O–H groups in total. The zero-order valence-corrected chi connectivity index (χ0v) is 21.3. The van der Waals surface area contributed by atoms with Crippen molar-refractivity contribution in [1.82, 2.24) is 0 Å². The Morgan fingerprint density at radius 1 is 0.444 bits per heavy atom. The van der Waals surface area contributed by atoms with Gasteiger partial charge in [-0.1, -0.05) is 0 Å². The monoisotopic (exact) mass is 428 g/mol. The number of hydrogen-bond acceptors (Lipinski definition) is 6. The van der Waals surface area contributed by atoms with Crippen LogP contribution in [0.3, 0.4) is 0 Å². The summed E-state index contributed by atoms with van der Waals surface area (Å²) in [6.45, 7) is 24.8. The zero-order chi connectivity index (χ0) is 21.5. The van der Waals surface area contributed by atoms with Crippen LogP contribution in [0, 0.1) is 0 Å². The molecule has 0 aromatic heterocycles. The van der Waals surface area contributed by atoms with Crippen LogP contribution in [0.1, 0.15) is 89.5 Å². The van der Waals surface area contributed by atoms with Crippen LogP contribution in [0.4, 0.5) is 0 Å². The molecule has 0 aliphatic carbocycles. The molecule has 0 unspecified atom stereocenters. The molecule has 0 radical (unpaired) electrons. The summed E-state index contributed by atoms with van der Waals surface area (Å²) in [6.07, 6.45) is 0.694. The fraction of sp³-hybridized carbons (Fsp3) is 1.00. The first-order valence-corrected chi connectivity index (χ1v) is 11.7. The van der Waals surface area contributed by atoms with E-state index in [0.717, 1.165) is 0 Å². The van der Waals surface area contributed by atoms with Crippen LogP contribution in [0.15, 0.2) is 0 Å². The van der Waals surface area contributed by atoms with Crippen LogP contribution in [0.5, 0.6) is 0 Å². The zero-order valence-electron chi connectivity index (χ0n) is 19.5. The van der Waals surface area contributed by atoms with Crippen molar-refractivity contribution in [3.05, 3.63) is 0 Å². The summed E-state index contributed by atoms with van der Waals surface area (Å²) in [6, 6.07) is 0. The van der Waals surface area contributed by atoms with Gasteiger partial charge in [0.15, 0.2) is 0 Å². The summed E-state index contributed by atoms with van der Waals surface area (Å²) in [4.78, 5) is 0. The predicted molar refractivity (Wildman–Crippen MR) is 114 cm³/mol. The van der Waals surface area contributed by atoms with Gasteiger partial charge in [-0.25, -0.2) is 0 Å². The summed E-state index contributed by atoms with van der Waals surface area (Å²) >= 11 is 0. The van der Waals surface area contributed by atoms with Crippen molar-refractivity contribution in [2.24, 2.45) is 0 Å².